The molecule has 0 saturated heterocycles. The zero-order valence-electron chi connectivity index (χ0n) is 16.0. The van der Waals surface area contributed by atoms with Gasteiger partial charge >= 0.3 is 5.97 Å². The second-order valence-electron chi connectivity index (χ2n) is 6.97. The molecule has 0 bridgehead atoms. The third kappa shape index (κ3) is 7.38. The Hall–Kier alpha value is -2.17. The highest BCUT2D eigenvalue weighted by Gasteiger charge is 2.24. The maximum atomic E-state index is 11.6. The number of carbonyl (C=O) groups is 1. The largest absolute Gasteiger partial charge is 0.464 e. The third-order valence-corrected chi connectivity index (χ3v) is 3.99. The van der Waals surface area contributed by atoms with Crippen LogP contribution in [0.2, 0.25) is 0 Å². The van der Waals surface area contributed by atoms with Gasteiger partial charge in [-0.15, -0.1) is 0 Å². The number of rotatable bonds is 10. The minimum absolute atomic E-state index is 0.0225. The summed E-state index contributed by atoms with van der Waals surface area (Å²) in [6.07, 6.45) is 0. The summed E-state index contributed by atoms with van der Waals surface area (Å²) < 4.78 is 10.8. The molecule has 0 unspecified atom stereocenters. The second kappa shape index (κ2) is 10.1. The molecule has 0 saturated carbocycles. The van der Waals surface area contributed by atoms with Gasteiger partial charge in [-0.2, -0.15) is 0 Å². The quantitative estimate of drug-likeness (QED) is 0.603. The Morgan fingerprint density at radius 2 is 1.42 bits per heavy atom. The lowest BCUT2D eigenvalue weighted by Gasteiger charge is -2.32. The van der Waals surface area contributed by atoms with E-state index in [0.29, 0.717) is 13.2 Å². The van der Waals surface area contributed by atoms with Gasteiger partial charge in [0.15, 0.2) is 0 Å². The lowest BCUT2D eigenvalue weighted by atomic mass is 10.1. The highest BCUT2D eigenvalue weighted by Crippen LogP contribution is 2.17. The van der Waals surface area contributed by atoms with Gasteiger partial charge in [0.05, 0.1) is 12.2 Å². The molecule has 2 aromatic carbocycles. The highest BCUT2D eigenvalue weighted by atomic mass is 16.6. The lowest BCUT2D eigenvalue weighted by Crippen LogP contribution is -2.41. The molecule has 0 atom stereocenters. The molecule has 140 valence electrons. The van der Waals surface area contributed by atoms with Crippen molar-refractivity contribution in [3.05, 3.63) is 71.8 Å². The Morgan fingerprint density at radius 1 is 0.923 bits per heavy atom. The van der Waals surface area contributed by atoms with Gasteiger partial charge < -0.3 is 9.47 Å². The van der Waals surface area contributed by atoms with E-state index in [1.54, 1.807) is 6.92 Å². The van der Waals surface area contributed by atoms with E-state index in [9.17, 15) is 4.79 Å². The lowest BCUT2D eigenvalue weighted by molar-refractivity contribution is -0.155. The molecule has 0 radical (unpaired) electrons. The standard InChI is InChI=1S/C22H29NO3/c1-4-25-21(24)17-26-22(2,3)18-23(15-19-11-7-5-8-12-19)16-20-13-9-6-10-14-20/h5-14H,4,15-18H2,1-3H3. The third-order valence-electron chi connectivity index (χ3n) is 3.99. The molecule has 0 aliphatic rings. The summed E-state index contributed by atoms with van der Waals surface area (Å²) >= 11 is 0. The average Bonchev–Trinajstić information content (AvgIpc) is 2.62. The van der Waals surface area contributed by atoms with Crippen LogP contribution in [0, 0.1) is 0 Å². The number of hydrogen-bond acceptors (Lipinski definition) is 4. The second-order valence-corrected chi connectivity index (χ2v) is 6.97. The first kappa shape index (κ1) is 20.1. The van der Waals surface area contributed by atoms with Gasteiger partial charge in [0.25, 0.3) is 0 Å². The molecule has 0 aliphatic carbocycles. The van der Waals surface area contributed by atoms with Crippen LogP contribution in [-0.2, 0) is 27.4 Å². The van der Waals surface area contributed by atoms with E-state index in [1.807, 2.05) is 26.0 Å². The van der Waals surface area contributed by atoms with Crippen LogP contribution in [-0.4, -0.2) is 36.2 Å². The van der Waals surface area contributed by atoms with Crippen LogP contribution in [0.3, 0.4) is 0 Å². The molecular weight excluding hydrogens is 326 g/mol. The number of hydrogen-bond donors (Lipinski definition) is 0. The van der Waals surface area contributed by atoms with Crippen molar-refractivity contribution in [3.8, 4) is 0 Å². The van der Waals surface area contributed by atoms with Crippen molar-refractivity contribution in [2.24, 2.45) is 0 Å². The SMILES string of the molecule is CCOC(=O)COC(C)(C)CN(Cc1ccccc1)Cc1ccccc1. The van der Waals surface area contributed by atoms with Crippen LogP contribution in [0.25, 0.3) is 0 Å². The van der Waals surface area contributed by atoms with Gasteiger partial charge in [-0.25, -0.2) is 4.79 Å². The van der Waals surface area contributed by atoms with Gasteiger partial charge in [-0.1, -0.05) is 60.7 Å². The minimum Gasteiger partial charge on any atom is -0.464 e. The van der Waals surface area contributed by atoms with Crippen molar-refractivity contribution >= 4 is 5.97 Å². The molecule has 2 aromatic rings. The smallest absolute Gasteiger partial charge is 0.332 e. The van der Waals surface area contributed by atoms with Gasteiger partial charge in [0, 0.05) is 19.6 Å². The Bertz CT molecular complexity index is 614. The monoisotopic (exact) mass is 355 g/mol. The van der Waals surface area contributed by atoms with E-state index < -0.39 is 5.60 Å². The first-order chi connectivity index (χ1) is 12.5. The molecule has 0 aliphatic heterocycles. The van der Waals surface area contributed by atoms with Crippen molar-refractivity contribution in [2.45, 2.75) is 39.5 Å². The normalized spacial score (nSPS) is 11.5. The molecule has 0 aromatic heterocycles. The van der Waals surface area contributed by atoms with Gasteiger partial charge in [0.1, 0.15) is 6.61 Å². The Labute approximate surface area is 156 Å². The number of ether oxygens (including phenoxy) is 2. The fourth-order valence-electron chi connectivity index (χ4n) is 2.89. The first-order valence-electron chi connectivity index (χ1n) is 9.08. The van der Waals surface area contributed by atoms with E-state index in [4.69, 9.17) is 9.47 Å². The van der Waals surface area contributed by atoms with Crippen LogP contribution in [0.15, 0.2) is 60.7 Å². The van der Waals surface area contributed by atoms with Crippen LogP contribution in [0.1, 0.15) is 31.9 Å². The number of benzene rings is 2. The van der Waals surface area contributed by atoms with E-state index in [-0.39, 0.29) is 12.6 Å². The van der Waals surface area contributed by atoms with Crippen LogP contribution in [0.4, 0.5) is 0 Å². The summed E-state index contributed by atoms with van der Waals surface area (Å²) in [5, 5.41) is 0. The van der Waals surface area contributed by atoms with Crippen LogP contribution >= 0.6 is 0 Å². The Kier molecular flexibility index (Phi) is 7.82. The molecular formula is C22H29NO3. The van der Waals surface area contributed by atoms with E-state index >= 15 is 0 Å². The fraction of sp³-hybridized carbons (Fsp3) is 0.409. The molecule has 4 nitrogen and oxygen atoms in total. The fourth-order valence-corrected chi connectivity index (χ4v) is 2.89. The number of carbonyl (C=O) groups excluding carboxylic acids is 1. The predicted molar refractivity (Wildman–Crippen MR) is 104 cm³/mol. The Balaban J connectivity index is 2.03. The van der Waals surface area contributed by atoms with Crippen molar-refractivity contribution < 1.29 is 14.3 Å². The molecule has 4 heteroatoms. The zero-order valence-corrected chi connectivity index (χ0v) is 16.0. The van der Waals surface area contributed by atoms with E-state index in [2.05, 4.69) is 53.4 Å². The summed E-state index contributed by atoms with van der Waals surface area (Å²) in [5.41, 5.74) is 2.05. The number of esters is 1. The van der Waals surface area contributed by atoms with Crippen molar-refractivity contribution in [1.29, 1.82) is 0 Å². The van der Waals surface area contributed by atoms with E-state index in [0.717, 1.165) is 13.1 Å². The van der Waals surface area contributed by atoms with Gasteiger partial charge in [-0.05, 0) is 31.9 Å². The zero-order chi connectivity index (χ0) is 18.8. The van der Waals surface area contributed by atoms with Crippen molar-refractivity contribution in [2.75, 3.05) is 19.8 Å². The topological polar surface area (TPSA) is 38.8 Å². The molecule has 0 fully saturated rings. The molecule has 0 spiro atoms. The predicted octanol–water partition coefficient (Wildman–Crippen LogP) is 4.05. The first-order valence-corrected chi connectivity index (χ1v) is 9.08. The number of nitrogens with zero attached hydrogens (tertiary/aromatic N) is 1. The highest BCUT2D eigenvalue weighted by molar-refractivity contribution is 5.70. The van der Waals surface area contributed by atoms with Crippen molar-refractivity contribution in [1.82, 2.24) is 4.90 Å². The Morgan fingerprint density at radius 3 is 1.88 bits per heavy atom. The minimum atomic E-state index is -0.462. The summed E-state index contributed by atoms with van der Waals surface area (Å²) in [4.78, 5) is 13.9. The van der Waals surface area contributed by atoms with Crippen LogP contribution < -0.4 is 0 Å². The molecule has 2 rings (SSSR count). The summed E-state index contributed by atoms with van der Waals surface area (Å²) in [7, 11) is 0. The average molecular weight is 355 g/mol. The van der Waals surface area contributed by atoms with Crippen molar-refractivity contribution in [3.63, 3.8) is 0 Å². The molecule has 0 amide bonds. The summed E-state index contributed by atoms with van der Waals surface area (Å²) in [5.74, 6) is -0.321. The van der Waals surface area contributed by atoms with Crippen LogP contribution in [0.5, 0.6) is 0 Å². The van der Waals surface area contributed by atoms with Gasteiger partial charge in [-0.3, -0.25) is 4.90 Å². The maximum absolute atomic E-state index is 11.6. The van der Waals surface area contributed by atoms with E-state index in [1.165, 1.54) is 11.1 Å². The maximum Gasteiger partial charge on any atom is 0.332 e. The van der Waals surface area contributed by atoms with Gasteiger partial charge in [0.2, 0.25) is 0 Å². The molecule has 26 heavy (non-hydrogen) atoms. The summed E-state index contributed by atoms with van der Waals surface area (Å²) in [6, 6.07) is 20.8. The summed E-state index contributed by atoms with van der Waals surface area (Å²) in [6.45, 7) is 8.51. The molecule has 0 heterocycles. The molecule has 0 N–H and O–H groups in total.